The summed E-state index contributed by atoms with van der Waals surface area (Å²) in [4.78, 5) is 22.4. The molecule has 1 amide bonds. The molecule has 0 aromatic heterocycles. The lowest BCUT2D eigenvalue weighted by Crippen LogP contribution is -2.41. The third-order valence-electron chi connectivity index (χ3n) is 1.96. The second kappa shape index (κ2) is 4.60. The number of rotatable bonds is 3. The number of methoxy groups -OCH3 is 1. The maximum atomic E-state index is 11.5. The molecule has 0 radical (unpaired) electrons. The van der Waals surface area contributed by atoms with Crippen molar-refractivity contribution >= 4 is 11.9 Å². The van der Waals surface area contributed by atoms with Crippen molar-refractivity contribution in [3.05, 3.63) is 24.3 Å². The van der Waals surface area contributed by atoms with Gasteiger partial charge in [-0.3, -0.25) is 4.79 Å². The average Bonchev–Trinajstić information content (AvgIpc) is 2.69. The van der Waals surface area contributed by atoms with Crippen molar-refractivity contribution in [2.45, 2.75) is 13.0 Å². The first kappa shape index (κ1) is 10.5. The Morgan fingerprint density at radius 1 is 1.36 bits per heavy atom. The molecule has 0 fully saturated rings. The van der Waals surface area contributed by atoms with Crippen LogP contribution in [0.4, 0.5) is 0 Å². The lowest BCUT2D eigenvalue weighted by Gasteiger charge is -2.13. The summed E-state index contributed by atoms with van der Waals surface area (Å²) in [6, 6.07) is -0.602. The number of ether oxygens (including phenoxy) is 1. The molecule has 0 aromatic rings. The van der Waals surface area contributed by atoms with E-state index in [9.17, 15) is 9.59 Å². The summed E-state index contributed by atoms with van der Waals surface area (Å²) >= 11 is 0. The number of hydrogen-bond acceptors (Lipinski definition) is 3. The Morgan fingerprint density at radius 3 is 2.43 bits per heavy atom. The zero-order valence-corrected chi connectivity index (χ0v) is 8.19. The lowest BCUT2D eigenvalue weighted by molar-refractivity contribution is -0.144. The summed E-state index contributed by atoms with van der Waals surface area (Å²) in [5, 5.41) is 2.56. The molecular formula is C10H13NO3. The van der Waals surface area contributed by atoms with Crippen molar-refractivity contribution in [2.24, 2.45) is 5.92 Å². The molecule has 0 bridgehead atoms. The second-order valence-corrected chi connectivity index (χ2v) is 3.05. The fourth-order valence-corrected chi connectivity index (χ4v) is 1.15. The van der Waals surface area contributed by atoms with E-state index in [1.165, 1.54) is 7.11 Å². The van der Waals surface area contributed by atoms with Crippen molar-refractivity contribution in [1.82, 2.24) is 5.32 Å². The summed E-state index contributed by atoms with van der Waals surface area (Å²) in [5.41, 5.74) is 0. The number of carbonyl (C=O) groups excluding carboxylic acids is 2. The SMILES string of the molecule is COC(=O)[C@@H](C)NC(=O)C1C=CC=C1. The van der Waals surface area contributed by atoms with Gasteiger partial charge in [-0.2, -0.15) is 0 Å². The predicted octanol–water partition coefficient (Wildman–Crippen LogP) is 0.406. The van der Waals surface area contributed by atoms with Crippen LogP contribution in [0.15, 0.2) is 24.3 Å². The first-order chi connectivity index (χ1) is 6.65. The molecule has 1 rings (SSSR count). The second-order valence-electron chi connectivity index (χ2n) is 3.05. The van der Waals surface area contributed by atoms with E-state index in [0.29, 0.717) is 0 Å². The largest absolute Gasteiger partial charge is 0.467 e. The quantitative estimate of drug-likeness (QED) is 0.663. The van der Waals surface area contributed by atoms with Crippen molar-refractivity contribution in [3.63, 3.8) is 0 Å². The molecule has 1 N–H and O–H groups in total. The highest BCUT2D eigenvalue weighted by molar-refractivity contribution is 5.87. The van der Waals surface area contributed by atoms with Crippen LogP contribution in [0.25, 0.3) is 0 Å². The molecule has 0 saturated heterocycles. The molecule has 0 aliphatic heterocycles. The van der Waals surface area contributed by atoms with Crippen LogP contribution in [0.1, 0.15) is 6.92 Å². The van der Waals surface area contributed by atoms with Gasteiger partial charge in [0.05, 0.1) is 13.0 Å². The van der Waals surface area contributed by atoms with Gasteiger partial charge in [0.1, 0.15) is 6.04 Å². The monoisotopic (exact) mass is 195 g/mol. The summed E-state index contributed by atoms with van der Waals surface area (Å²) in [6.07, 6.45) is 7.12. The van der Waals surface area contributed by atoms with Crippen LogP contribution in [0.2, 0.25) is 0 Å². The molecule has 0 spiro atoms. The Kier molecular flexibility index (Phi) is 3.45. The maximum absolute atomic E-state index is 11.5. The van der Waals surface area contributed by atoms with Gasteiger partial charge in [-0.15, -0.1) is 0 Å². The maximum Gasteiger partial charge on any atom is 0.328 e. The Morgan fingerprint density at radius 2 is 1.93 bits per heavy atom. The molecule has 76 valence electrons. The van der Waals surface area contributed by atoms with Gasteiger partial charge in [-0.25, -0.2) is 4.79 Å². The highest BCUT2D eigenvalue weighted by Gasteiger charge is 2.20. The molecule has 1 aliphatic rings. The van der Waals surface area contributed by atoms with E-state index in [4.69, 9.17) is 0 Å². The Balaban J connectivity index is 2.44. The van der Waals surface area contributed by atoms with Crippen molar-refractivity contribution in [3.8, 4) is 0 Å². The number of nitrogens with one attached hydrogen (secondary N) is 1. The molecule has 0 unspecified atom stereocenters. The molecule has 0 aromatic carbocycles. The predicted molar refractivity (Wildman–Crippen MR) is 51.4 cm³/mol. The summed E-state index contributed by atoms with van der Waals surface area (Å²) < 4.78 is 4.49. The third-order valence-corrected chi connectivity index (χ3v) is 1.96. The van der Waals surface area contributed by atoms with Gasteiger partial charge in [-0.1, -0.05) is 24.3 Å². The van der Waals surface area contributed by atoms with Crippen LogP contribution < -0.4 is 5.32 Å². The van der Waals surface area contributed by atoms with Crippen molar-refractivity contribution in [1.29, 1.82) is 0 Å². The standard InChI is InChI=1S/C10H13NO3/c1-7(10(13)14-2)11-9(12)8-5-3-4-6-8/h3-8H,1-2H3,(H,11,12)/t7-/m1/s1. The van der Waals surface area contributed by atoms with Crippen LogP contribution in [-0.2, 0) is 14.3 Å². The summed E-state index contributed by atoms with van der Waals surface area (Å²) in [7, 11) is 1.29. The number of allylic oxidation sites excluding steroid dienone is 2. The molecular weight excluding hydrogens is 182 g/mol. The number of esters is 1. The number of hydrogen-bond donors (Lipinski definition) is 1. The van der Waals surface area contributed by atoms with Crippen LogP contribution in [0.3, 0.4) is 0 Å². The fraction of sp³-hybridized carbons (Fsp3) is 0.400. The summed E-state index contributed by atoms with van der Waals surface area (Å²) in [5.74, 6) is -0.890. The van der Waals surface area contributed by atoms with Gasteiger partial charge in [0.2, 0.25) is 5.91 Å². The number of carbonyl (C=O) groups is 2. The minimum atomic E-state index is -0.602. The van der Waals surface area contributed by atoms with Gasteiger partial charge in [0.25, 0.3) is 0 Å². The highest BCUT2D eigenvalue weighted by atomic mass is 16.5. The van der Waals surface area contributed by atoms with E-state index in [0.717, 1.165) is 0 Å². The van der Waals surface area contributed by atoms with Crippen LogP contribution in [0.5, 0.6) is 0 Å². The van der Waals surface area contributed by atoms with E-state index in [2.05, 4.69) is 10.1 Å². The minimum absolute atomic E-state index is 0.187. The average molecular weight is 195 g/mol. The lowest BCUT2D eigenvalue weighted by atomic mass is 10.1. The van der Waals surface area contributed by atoms with E-state index in [1.807, 2.05) is 0 Å². The van der Waals surface area contributed by atoms with Crippen LogP contribution in [-0.4, -0.2) is 25.0 Å². The molecule has 1 aliphatic carbocycles. The first-order valence-corrected chi connectivity index (χ1v) is 4.38. The fourth-order valence-electron chi connectivity index (χ4n) is 1.15. The molecule has 14 heavy (non-hydrogen) atoms. The number of amides is 1. The van der Waals surface area contributed by atoms with Gasteiger partial charge in [-0.05, 0) is 6.92 Å². The highest BCUT2D eigenvalue weighted by Crippen LogP contribution is 2.08. The van der Waals surface area contributed by atoms with E-state index in [-0.39, 0.29) is 11.8 Å². The zero-order chi connectivity index (χ0) is 10.6. The zero-order valence-electron chi connectivity index (χ0n) is 8.19. The normalized spacial score (nSPS) is 16.7. The minimum Gasteiger partial charge on any atom is -0.467 e. The Bertz CT molecular complexity index is 282. The van der Waals surface area contributed by atoms with E-state index < -0.39 is 12.0 Å². The smallest absolute Gasteiger partial charge is 0.328 e. The molecule has 0 saturated carbocycles. The molecule has 4 heteroatoms. The molecule has 1 atom stereocenters. The van der Waals surface area contributed by atoms with Crippen LogP contribution >= 0.6 is 0 Å². The third kappa shape index (κ3) is 2.45. The van der Waals surface area contributed by atoms with E-state index in [1.54, 1.807) is 31.2 Å². The van der Waals surface area contributed by atoms with E-state index >= 15 is 0 Å². The summed E-state index contributed by atoms with van der Waals surface area (Å²) in [6.45, 7) is 1.59. The van der Waals surface area contributed by atoms with Crippen molar-refractivity contribution < 1.29 is 14.3 Å². The topological polar surface area (TPSA) is 55.4 Å². The van der Waals surface area contributed by atoms with Crippen LogP contribution in [0, 0.1) is 5.92 Å². The van der Waals surface area contributed by atoms with Gasteiger partial charge in [0, 0.05) is 0 Å². The Hall–Kier alpha value is -1.58. The first-order valence-electron chi connectivity index (χ1n) is 4.38. The van der Waals surface area contributed by atoms with Crippen molar-refractivity contribution in [2.75, 3.05) is 7.11 Å². The van der Waals surface area contributed by atoms with Gasteiger partial charge >= 0.3 is 5.97 Å². The molecule has 0 heterocycles. The Labute approximate surface area is 82.6 Å². The molecule has 4 nitrogen and oxygen atoms in total. The van der Waals surface area contributed by atoms with Gasteiger partial charge < -0.3 is 10.1 Å². The van der Waals surface area contributed by atoms with Gasteiger partial charge in [0.15, 0.2) is 0 Å².